The Bertz CT molecular complexity index is 1120. The molecule has 0 amide bonds. The smallest absolute Gasteiger partial charge is 0.361 e. The van der Waals surface area contributed by atoms with Gasteiger partial charge in [0.05, 0.1) is 34.4 Å². The molecule has 1 N–H and O–H groups in total. The first kappa shape index (κ1) is 57.2. The summed E-state index contributed by atoms with van der Waals surface area (Å²) in [5.74, 6) is -2.03. The molecule has 0 aliphatic heterocycles. The second-order valence-electron chi connectivity index (χ2n) is 17.4. The molecule has 0 aromatic carbocycles. The van der Waals surface area contributed by atoms with Crippen molar-refractivity contribution in [3.8, 4) is 0 Å². The highest BCUT2D eigenvalue weighted by Crippen LogP contribution is 2.14. The zero-order chi connectivity index (χ0) is 44.2. The van der Waals surface area contributed by atoms with Crippen LogP contribution >= 0.6 is 0 Å². The van der Waals surface area contributed by atoms with Gasteiger partial charge in [-0.1, -0.05) is 159 Å². The predicted molar refractivity (Wildman–Crippen MR) is 249 cm³/mol. The van der Waals surface area contributed by atoms with E-state index in [2.05, 4.69) is 62.5 Å². The Hall–Kier alpha value is -2.75. The highest BCUT2D eigenvalue weighted by Gasteiger charge is 2.25. The van der Waals surface area contributed by atoms with Crippen molar-refractivity contribution in [3.63, 3.8) is 0 Å². The third-order valence-electron chi connectivity index (χ3n) is 10.3. The fourth-order valence-corrected chi connectivity index (χ4v) is 6.48. The normalized spacial score (nSPS) is 13.3. The minimum atomic E-state index is -1.52. The SMILES string of the molecule is CCCCC/C=C\C/C=C\C/C=C\CCCCCCCCC(=O)OC(COC(=O)CCCCCCC/C=C\CCCCCCCCC)COC(OCC[N+](C)(C)C)C(=O)O. The quantitative estimate of drug-likeness (QED) is 0.0212. The maximum atomic E-state index is 12.8. The molecular formula is C51H92NO8+. The molecule has 0 saturated carbocycles. The van der Waals surface area contributed by atoms with Gasteiger partial charge >= 0.3 is 17.9 Å². The number of nitrogens with zero attached hydrogens (tertiary/aromatic N) is 1. The first-order valence-corrected chi connectivity index (χ1v) is 24.3. The highest BCUT2D eigenvalue weighted by molar-refractivity contribution is 5.71. The Morgan fingerprint density at radius 3 is 1.38 bits per heavy atom. The largest absolute Gasteiger partial charge is 0.477 e. The number of likely N-dealkylation sites (N-methyl/N-ethyl adjacent to an activating group) is 1. The number of hydrogen-bond donors (Lipinski definition) is 1. The minimum absolute atomic E-state index is 0.182. The van der Waals surface area contributed by atoms with E-state index in [9.17, 15) is 19.5 Å². The molecule has 9 heteroatoms. The van der Waals surface area contributed by atoms with Crippen molar-refractivity contribution < 1.29 is 42.9 Å². The fourth-order valence-electron chi connectivity index (χ4n) is 6.48. The maximum absolute atomic E-state index is 12.8. The predicted octanol–water partition coefficient (Wildman–Crippen LogP) is 13.2. The van der Waals surface area contributed by atoms with Crippen molar-refractivity contribution in [2.75, 3.05) is 47.5 Å². The minimum Gasteiger partial charge on any atom is -0.477 e. The van der Waals surface area contributed by atoms with E-state index in [1.165, 1.54) is 77.0 Å². The number of allylic oxidation sites excluding steroid dienone is 8. The van der Waals surface area contributed by atoms with Crippen LogP contribution in [0, 0.1) is 0 Å². The fraction of sp³-hybridized carbons (Fsp3) is 0.784. The van der Waals surface area contributed by atoms with E-state index in [4.69, 9.17) is 18.9 Å². The number of esters is 2. The summed E-state index contributed by atoms with van der Waals surface area (Å²) in [5, 5.41) is 9.65. The molecule has 9 nitrogen and oxygen atoms in total. The second-order valence-corrected chi connectivity index (χ2v) is 17.4. The number of hydrogen-bond acceptors (Lipinski definition) is 7. The van der Waals surface area contributed by atoms with Crippen LogP contribution in [0.3, 0.4) is 0 Å². The molecule has 0 spiro atoms. The number of carbonyl (C=O) groups excluding carboxylic acids is 2. The van der Waals surface area contributed by atoms with Crippen LogP contribution in [-0.2, 0) is 33.3 Å². The highest BCUT2D eigenvalue weighted by atomic mass is 16.7. The van der Waals surface area contributed by atoms with Crippen LogP contribution in [0.25, 0.3) is 0 Å². The lowest BCUT2D eigenvalue weighted by Gasteiger charge is -2.25. The summed E-state index contributed by atoms with van der Waals surface area (Å²) in [7, 11) is 5.95. The van der Waals surface area contributed by atoms with E-state index in [-0.39, 0.29) is 38.6 Å². The van der Waals surface area contributed by atoms with E-state index in [0.717, 1.165) is 89.9 Å². The molecule has 0 aliphatic carbocycles. The first-order valence-electron chi connectivity index (χ1n) is 24.3. The summed E-state index contributed by atoms with van der Waals surface area (Å²) in [5.41, 5.74) is 0. The number of carbonyl (C=O) groups is 3. The van der Waals surface area contributed by atoms with Crippen LogP contribution in [0.2, 0.25) is 0 Å². The zero-order valence-corrected chi connectivity index (χ0v) is 39.4. The van der Waals surface area contributed by atoms with Crippen LogP contribution < -0.4 is 0 Å². The lowest BCUT2D eigenvalue weighted by atomic mass is 10.1. The van der Waals surface area contributed by atoms with Crippen molar-refractivity contribution in [1.82, 2.24) is 0 Å². The van der Waals surface area contributed by atoms with Gasteiger partial charge in [-0.3, -0.25) is 9.59 Å². The molecule has 0 rings (SSSR count). The van der Waals surface area contributed by atoms with Gasteiger partial charge in [-0.05, 0) is 77.0 Å². The molecule has 0 aromatic heterocycles. The molecule has 0 bridgehead atoms. The third kappa shape index (κ3) is 43.3. The number of ether oxygens (including phenoxy) is 4. The summed E-state index contributed by atoms with van der Waals surface area (Å²) in [6, 6.07) is 0. The number of rotatable bonds is 44. The molecular weight excluding hydrogens is 755 g/mol. The van der Waals surface area contributed by atoms with Gasteiger partial charge in [-0.2, -0.15) is 0 Å². The van der Waals surface area contributed by atoms with Crippen molar-refractivity contribution in [2.45, 2.75) is 212 Å². The van der Waals surface area contributed by atoms with Gasteiger partial charge < -0.3 is 28.5 Å². The van der Waals surface area contributed by atoms with E-state index in [0.29, 0.717) is 17.4 Å². The lowest BCUT2D eigenvalue weighted by molar-refractivity contribution is -0.870. The van der Waals surface area contributed by atoms with Crippen LogP contribution in [0.1, 0.15) is 200 Å². The first-order chi connectivity index (χ1) is 29.1. The molecule has 0 radical (unpaired) electrons. The topological polar surface area (TPSA) is 108 Å². The van der Waals surface area contributed by atoms with Gasteiger partial charge in [0, 0.05) is 12.8 Å². The maximum Gasteiger partial charge on any atom is 0.361 e. The number of unbranched alkanes of at least 4 members (excludes halogenated alkanes) is 21. The van der Waals surface area contributed by atoms with Gasteiger partial charge in [0.25, 0.3) is 6.29 Å². The van der Waals surface area contributed by atoms with E-state index in [1.54, 1.807) is 0 Å². The van der Waals surface area contributed by atoms with E-state index in [1.807, 2.05) is 21.1 Å². The van der Waals surface area contributed by atoms with Crippen molar-refractivity contribution in [2.24, 2.45) is 0 Å². The van der Waals surface area contributed by atoms with Crippen LogP contribution in [-0.4, -0.2) is 87.4 Å². The number of aliphatic carboxylic acids is 1. The Morgan fingerprint density at radius 2 is 0.900 bits per heavy atom. The lowest BCUT2D eigenvalue weighted by Crippen LogP contribution is -2.40. The van der Waals surface area contributed by atoms with Gasteiger partial charge in [0.1, 0.15) is 13.2 Å². The number of carboxylic acids is 1. The molecule has 0 fully saturated rings. The molecule has 2 unspecified atom stereocenters. The van der Waals surface area contributed by atoms with Crippen molar-refractivity contribution in [1.29, 1.82) is 0 Å². The Kier molecular flexibility index (Phi) is 41.0. The summed E-state index contributed by atoms with van der Waals surface area (Å²) in [4.78, 5) is 37.2. The average Bonchev–Trinajstić information content (AvgIpc) is 3.21. The summed E-state index contributed by atoms with van der Waals surface area (Å²) >= 11 is 0. The van der Waals surface area contributed by atoms with Crippen LogP contribution in [0.15, 0.2) is 48.6 Å². The Balaban J connectivity index is 4.43. The van der Waals surface area contributed by atoms with Crippen molar-refractivity contribution in [3.05, 3.63) is 48.6 Å². The second kappa shape index (κ2) is 42.9. The van der Waals surface area contributed by atoms with E-state index >= 15 is 0 Å². The molecule has 60 heavy (non-hydrogen) atoms. The summed E-state index contributed by atoms with van der Waals surface area (Å²) in [6.07, 6.45) is 47.3. The summed E-state index contributed by atoms with van der Waals surface area (Å²) in [6.45, 7) is 4.82. The summed E-state index contributed by atoms with van der Waals surface area (Å²) < 4.78 is 22.8. The zero-order valence-electron chi connectivity index (χ0n) is 39.4. The molecule has 0 saturated heterocycles. The van der Waals surface area contributed by atoms with Gasteiger partial charge in [0.15, 0.2) is 6.10 Å². The standard InChI is InChI=1S/C51H91NO8/c1-6-8-10-12-14-16-18-20-22-24-25-26-28-30-32-34-36-38-40-42-49(54)60-47(46-59-51(50(55)56)57-44-43-52(3,4)5)45-58-48(53)41-39-37-35-33-31-29-27-23-21-19-17-15-13-11-9-7-2/h14,16,20,22-23,25-27,47,51H,6-13,15,17-19,21,24,28-46H2,1-5H3/p+1/b16-14-,22-20-,26-25-,27-23-. The van der Waals surface area contributed by atoms with Crippen LogP contribution in [0.4, 0.5) is 0 Å². The third-order valence-corrected chi connectivity index (χ3v) is 10.3. The molecule has 0 aromatic rings. The number of quaternary nitrogens is 1. The molecule has 348 valence electrons. The van der Waals surface area contributed by atoms with Gasteiger partial charge in [-0.15, -0.1) is 0 Å². The van der Waals surface area contributed by atoms with Gasteiger partial charge in [0.2, 0.25) is 0 Å². The molecule has 2 atom stereocenters. The van der Waals surface area contributed by atoms with E-state index < -0.39 is 24.3 Å². The Morgan fingerprint density at radius 1 is 0.500 bits per heavy atom. The molecule has 0 aliphatic rings. The molecule has 0 heterocycles. The number of carboxylic acid groups (broad SMARTS) is 1. The average molecular weight is 847 g/mol. The van der Waals surface area contributed by atoms with Gasteiger partial charge in [-0.25, -0.2) is 4.79 Å². The monoisotopic (exact) mass is 847 g/mol. The van der Waals surface area contributed by atoms with Crippen molar-refractivity contribution >= 4 is 17.9 Å². The van der Waals surface area contributed by atoms with Crippen LogP contribution in [0.5, 0.6) is 0 Å². The Labute approximate surface area is 368 Å².